The van der Waals surface area contributed by atoms with Crippen molar-refractivity contribution in [3.05, 3.63) is 130 Å². The Bertz CT molecular complexity index is 2560. The summed E-state index contributed by atoms with van der Waals surface area (Å²) in [6, 6.07) is 22.3. The Morgan fingerprint density at radius 1 is 1.02 bits per heavy atom. The number of nitrogens with zero attached hydrogens (tertiary/aromatic N) is 7. The van der Waals surface area contributed by atoms with Crippen molar-refractivity contribution in [1.82, 2.24) is 29.6 Å². The van der Waals surface area contributed by atoms with Crippen LogP contribution in [-0.2, 0) is 23.0 Å². The Balaban J connectivity index is 1.04. The first-order valence-corrected chi connectivity index (χ1v) is 21.4. The second kappa shape index (κ2) is 17.6. The van der Waals surface area contributed by atoms with E-state index in [1.54, 1.807) is 48.4 Å². The molecule has 16 nitrogen and oxygen atoms in total. The van der Waals surface area contributed by atoms with Gasteiger partial charge in [-0.25, -0.2) is 28.1 Å². The van der Waals surface area contributed by atoms with Crippen molar-refractivity contribution in [2.45, 2.75) is 35.2 Å². The molecule has 0 bridgehead atoms. The molecule has 19 heteroatoms. The number of amides is 2. The fourth-order valence-corrected chi connectivity index (χ4v) is 9.04. The van der Waals surface area contributed by atoms with Gasteiger partial charge in [0.25, 0.3) is 21.8 Å². The summed E-state index contributed by atoms with van der Waals surface area (Å²) in [6.07, 6.45) is 5.54. The summed E-state index contributed by atoms with van der Waals surface area (Å²) in [5, 5.41) is 18.7. The van der Waals surface area contributed by atoms with Gasteiger partial charge in [-0.3, -0.25) is 30.0 Å². The first-order chi connectivity index (χ1) is 27.9. The van der Waals surface area contributed by atoms with E-state index >= 15 is 0 Å². The van der Waals surface area contributed by atoms with Crippen LogP contribution in [0.1, 0.15) is 38.4 Å². The molecule has 3 N–H and O–H groups in total. The number of anilines is 3. The lowest BCUT2D eigenvalue weighted by molar-refractivity contribution is -0.384. The Labute approximate surface area is 342 Å². The number of rotatable bonds is 15. The number of pyridine rings is 3. The molecule has 5 heterocycles. The van der Waals surface area contributed by atoms with Crippen molar-refractivity contribution in [2.24, 2.45) is 0 Å². The fourth-order valence-electron chi connectivity index (χ4n) is 6.30. The molecule has 2 aromatic carbocycles. The SMILES string of the molecule is CN(C)CC[C@H](CSc1ccccc1)Nc1ncc(S(=O)(=O)NC(=O)c2cccc(N3CCc4cccc(C(=O)Nc5nc6ccncc6s5)c4C3)n2)cc1[N+](=O)[O-]. The number of nitro groups is 1. The zero-order chi connectivity index (χ0) is 40.8. The van der Waals surface area contributed by atoms with E-state index in [1.165, 1.54) is 17.4 Å². The Hall–Kier alpha value is -6.02. The minimum atomic E-state index is -4.61. The molecule has 1 aliphatic heterocycles. The minimum Gasteiger partial charge on any atom is -0.361 e. The van der Waals surface area contributed by atoms with E-state index in [0.717, 1.165) is 38.5 Å². The molecule has 1 atom stereocenters. The van der Waals surface area contributed by atoms with Gasteiger partial charge in [0.15, 0.2) is 5.13 Å². The van der Waals surface area contributed by atoms with Gasteiger partial charge in [0, 0.05) is 53.8 Å². The molecule has 0 saturated heterocycles. The number of thiazole rings is 1. The van der Waals surface area contributed by atoms with Crippen molar-refractivity contribution >= 4 is 77.6 Å². The first kappa shape index (κ1) is 40.2. The van der Waals surface area contributed by atoms with Gasteiger partial charge in [-0.15, -0.1) is 11.8 Å². The Kier molecular flexibility index (Phi) is 12.2. The molecular weight excluding hydrogens is 801 g/mol. The standard InChI is InChI=1S/C39H38N10O6S3/c1-47(2)18-16-26(24-56-27-9-4-3-5-10-27)42-36-33(49(52)53)20-28(21-41-36)58(54,55)46-38(51)32-12-7-13-35(43-32)48-19-15-25-8-6-11-29(30(25)23-48)37(50)45-39-44-31-14-17-40-22-34(31)57-39/h3-14,17,20-22,26H,15-16,18-19,23-24H2,1-2H3,(H,41,42)(H,46,51)(H,44,45,50)/t26-/m1/s1. The minimum absolute atomic E-state index is 0.0832. The van der Waals surface area contributed by atoms with Crippen molar-refractivity contribution in [3.63, 3.8) is 0 Å². The molecule has 0 radical (unpaired) electrons. The predicted octanol–water partition coefficient (Wildman–Crippen LogP) is 5.85. The molecular formula is C39H38N10O6S3. The molecule has 6 aromatic rings. The van der Waals surface area contributed by atoms with Gasteiger partial charge in [0.1, 0.15) is 16.4 Å². The highest BCUT2D eigenvalue weighted by Crippen LogP contribution is 2.30. The molecule has 0 saturated carbocycles. The summed E-state index contributed by atoms with van der Waals surface area (Å²) >= 11 is 2.91. The number of carbonyl (C=O) groups is 2. The Morgan fingerprint density at radius 2 is 1.83 bits per heavy atom. The number of nitrogens with one attached hydrogen (secondary N) is 3. The van der Waals surface area contributed by atoms with Crippen LogP contribution in [0.3, 0.4) is 0 Å². The lowest BCUT2D eigenvalue weighted by atomic mass is 9.94. The molecule has 2 amide bonds. The lowest BCUT2D eigenvalue weighted by Gasteiger charge is -2.31. The molecule has 0 unspecified atom stereocenters. The van der Waals surface area contributed by atoms with Crippen LogP contribution in [0.4, 0.5) is 22.5 Å². The van der Waals surface area contributed by atoms with Crippen LogP contribution in [-0.4, -0.2) is 89.0 Å². The largest absolute Gasteiger partial charge is 0.361 e. The van der Waals surface area contributed by atoms with Crippen LogP contribution in [0.25, 0.3) is 10.2 Å². The molecule has 58 heavy (non-hydrogen) atoms. The average molecular weight is 839 g/mol. The van der Waals surface area contributed by atoms with Gasteiger partial charge in [-0.05, 0) is 81.0 Å². The number of carbonyl (C=O) groups excluding carboxylic acids is 2. The first-order valence-electron chi connectivity index (χ1n) is 18.1. The van der Waals surface area contributed by atoms with Crippen molar-refractivity contribution < 1.29 is 22.9 Å². The third-order valence-electron chi connectivity index (χ3n) is 9.26. The number of thioether (sulfide) groups is 1. The third kappa shape index (κ3) is 9.56. The van der Waals surface area contributed by atoms with Gasteiger partial charge >= 0.3 is 5.69 Å². The Morgan fingerprint density at radius 3 is 2.60 bits per heavy atom. The molecule has 0 spiro atoms. The van der Waals surface area contributed by atoms with E-state index in [1.807, 2.05) is 71.1 Å². The van der Waals surface area contributed by atoms with Gasteiger partial charge in [0.05, 0.1) is 21.3 Å². The topological polar surface area (TPSA) is 206 Å². The summed E-state index contributed by atoms with van der Waals surface area (Å²) < 4.78 is 29.8. The molecule has 4 aromatic heterocycles. The van der Waals surface area contributed by atoms with E-state index in [4.69, 9.17) is 0 Å². The molecule has 7 rings (SSSR count). The van der Waals surface area contributed by atoms with Gasteiger partial charge in [-0.2, -0.15) is 0 Å². The zero-order valence-electron chi connectivity index (χ0n) is 31.4. The van der Waals surface area contributed by atoms with E-state index in [2.05, 4.69) is 30.6 Å². The van der Waals surface area contributed by atoms with Crippen LogP contribution < -0.4 is 20.3 Å². The van der Waals surface area contributed by atoms with E-state index in [-0.39, 0.29) is 23.5 Å². The maximum Gasteiger partial charge on any atom is 0.312 e. The maximum atomic E-state index is 13.5. The number of aromatic nitrogens is 4. The lowest BCUT2D eigenvalue weighted by Crippen LogP contribution is -2.34. The number of fused-ring (bicyclic) bond motifs is 2. The smallest absolute Gasteiger partial charge is 0.312 e. The van der Waals surface area contributed by atoms with E-state index in [0.29, 0.717) is 54.7 Å². The number of hydrogen-bond acceptors (Lipinski definition) is 15. The summed E-state index contributed by atoms with van der Waals surface area (Å²) in [4.78, 5) is 60.0. The fraction of sp³-hybridized carbons (Fsp3) is 0.231. The van der Waals surface area contributed by atoms with E-state index in [9.17, 15) is 28.1 Å². The second-order valence-electron chi connectivity index (χ2n) is 13.6. The van der Waals surface area contributed by atoms with Crippen LogP contribution in [0.2, 0.25) is 0 Å². The number of hydrogen-bond donors (Lipinski definition) is 3. The van der Waals surface area contributed by atoms with Crippen LogP contribution in [0.5, 0.6) is 0 Å². The second-order valence-corrected chi connectivity index (χ2v) is 17.4. The van der Waals surface area contributed by atoms with Gasteiger partial charge < -0.3 is 15.1 Å². The average Bonchev–Trinajstić information content (AvgIpc) is 3.64. The summed E-state index contributed by atoms with van der Waals surface area (Å²) in [5.41, 5.74) is 2.25. The van der Waals surface area contributed by atoms with Gasteiger partial charge in [0.2, 0.25) is 5.82 Å². The molecule has 0 fully saturated rings. The summed E-state index contributed by atoms with van der Waals surface area (Å²) in [5.74, 6) is -0.465. The van der Waals surface area contributed by atoms with Crippen molar-refractivity contribution in [2.75, 3.05) is 48.5 Å². The van der Waals surface area contributed by atoms with Crippen LogP contribution >= 0.6 is 23.1 Å². The molecule has 298 valence electrons. The third-order valence-corrected chi connectivity index (χ3v) is 12.7. The number of benzene rings is 2. The highest BCUT2D eigenvalue weighted by Gasteiger charge is 2.28. The summed E-state index contributed by atoms with van der Waals surface area (Å²) in [7, 11) is -0.759. The summed E-state index contributed by atoms with van der Waals surface area (Å²) in [6.45, 7) is 1.52. The molecule has 1 aliphatic rings. The highest BCUT2D eigenvalue weighted by molar-refractivity contribution is 7.99. The van der Waals surface area contributed by atoms with Crippen LogP contribution in [0, 0.1) is 10.1 Å². The monoisotopic (exact) mass is 838 g/mol. The highest BCUT2D eigenvalue weighted by atomic mass is 32.2. The van der Waals surface area contributed by atoms with E-state index < -0.39 is 31.4 Å². The zero-order valence-corrected chi connectivity index (χ0v) is 33.8. The van der Waals surface area contributed by atoms with Crippen LogP contribution in [0.15, 0.2) is 107 Å². The molecule has 0 aliphatic carbocycles. The maximum absolute atomic E-state index is 13.5. The predicted molar refractivity (Wildman–Crippen MR) is 224 cm³/mol. The van der Waals surface area contributed by atoms with Crippen molar-refractivity contribution in [3.8, 4) is 0 Å². The van der Waals surface area contributed by atoms with Gasteiger partial charge in [-0.1, -0.05) is 47.7 Å². The normalized spacial score (nSPS) is 13.2. The quantitative estimate of drug-likeness (QED) is 0.0631. The number of sulfonamides is 1. The van der Waals surface area contributed by atoms with Crippen molar-refractivity contribution in [1.29, 1.82) is 0 Å².